The molecule has 52 valence electrons. The van der Waals surface area contributed by atoms with Crippen LogP contribution in [0.15, 0.2) is 30.3 Å². The molecule has 1 rings (SSSR count). The van der Waals surface area contributed by atoms with E-state index in [0.717, 1.165) is 5.56 Å². The molecule has 0 N–H and O–H groups in total. The third-order valence-electron chi connectivity index (χ3n) is 1.19. The first kappa shape index (κ1) is 11.9. The van der Waals surface area contributed by atoms with Crippen LogP contribution in [-0.4, -0.2) is 5.12 Å². The number of carbonyl (C=O) groups excluding carboxylic acids is 1. The Bertz CT molecular complexity index is 223. The Hall–Kier alpha value is 0.915. The van der Waals surface area contributed by atoms with Gasteiger partial charge in [0.25, 0.3) is 0 Å². The van der Waals surface area contributed by atoms with E-state index in [1.807, 2.05) is 30.3 Å². The van der Waals surface area contributed by atoms with E-state index in [0.29, 0.717) is 6.42 Å². The summed E-state index contributed by atoms with van der Waals surface area (Å²) in [7, 11) is 0. The second-order valence-corrected chi connectivity index (χ2v) is 2.49. The van der Waals surface area contributed by atoms with E-state index in [4.69, 9.17) is 0 Å². The molecule has 0 fully saturated rings. The van der Waals surface area contributed by atoms with Crippen LogP contribution in [0.1, 0.15) is 5.56 Å². The molecule has 0 saturated carbocycles. The quantitative estimate of drug-likeness (QED) is 0.570. The second-order valence-electron chi connectivity index (χ2n) is 2.03. The normalized spacial score (nSPS) is 8.36. The van der Waals surface area contributed by atoms with E-state index < -0.39 is 0 Å². The molecule has 0 heterocycles. The fourth-order valence-corrected chi connectivity index (χ4v) is 0.929. The van der Waals surface area contributed by atoms with Gasteiger partial charge in [0.15, 0.2) is 0 Å². The van der Waals surface area contributed by atoms with Crippen molar-refractivity contribution in [3.63, 3.8) is 0 Å². The zero-order valence-electron chi connectivity index (χ0n) is 6.41. The van der Waals surface area contributed by atoms with Gasteiger partial charge in [-0.05, 0) is 5.56 Å². The van der Waals surface area contributed by atoms with E-state index in [9.17, 15) is 4.79 Å². The van der Waals surface area contributed by atoms with Crippen LogP contribution in [0, 0.1) is 0 Å². The number of hydrogen-bond donors (Lipinski definition) is 0. The van der Waals surface area contributed by atoms with Gasteiger partial charge in [-0.2, -0.15) is 0 Å². The largest absolute Gasteiger partial charge is 1.00 e. The monoisotopic (exact) mass is 236 g/mol. The van der Waals surface area contributed by atoms with Crippen molar-refractivity contribution in [2.24, 2.45) is 0 Å². The summed E-state index contributed by atoms with van der Waals surface area (Å²) in [6.45, 7) is 0. The molecular formula is C8H7ORbS. The van der Waals surface area contributed by atoms with Gasteiger partial charge >= 0.3 is 58.2 Å². The van der Waals surface area contributed by atoms with Crippen molar-refractivity contribution in [3.05, 3.63) is 35.9 Å². The zero-order chi connectivity index (χ0) is 7.40. The maximum absolute atomic E-state index is 10.4. The summed E-state index contributed by atoms with van der Waals surface area (Å²) < 4.78 is 0. The van der Waals surface area contributed by atoms with E-state index in [1.54, 1.807) is 0 Å². The Kier molecular flexibility index (Phi) is 6.97. The van der Waals surface area contributed by atoms with Gasteiger partial charge in [-0.3, -0.25) is 0 Å². The number of benzene rings is 1. The minimum Gasteiger partial charge on any atom is -0.742 e. The van der Waals surface area contributed by atoms with Crippen LogP contribution in [0.2, 0.25) is 0 Å². The molecule has 0 aliphatic rings. The fourth-order valence-electron chi connectivity index (χ4n) is 0.763. The SMILES string of the molecule is O=C([S-])Cc1ccccc1.[Rb+]. The topological polar surface area (TPSA) is 17.1 Å². The van der Waals surface area contributed by atoms with Gasteiger partial charge in [0, 0.05) is 11.5 Å². The Morgan fingerprint density at radius 3 is 2.27 bits per heavy atom. The molecule has 0 aliphatic heterocycles. The first-order valence-electron chi connectivity index (χ1n) is 3.03. The summed E-state index contributed by atoms with van der Waals surface area (Å²) >= 11 is 4.42. The number of hydrogen-bond acceptors (Lipinski definition) is 2. The average molecular weight is 237 g/mol. The summed E-state index contributed by atoms with van der Waals surface area (Å²) in [5.74, 6) is 0. The fraction of sp³-hybridized carbons (Fsp3) is 0.125. The van der Waals surface area contributed by atoms with Crippen molar-refractivity contribution >= 4 is 17.7 Å². The molecule has 1 aromatic carbocycles. The minimum atomic E-state index is -0.203. The number of rotatable bonds is 2. The van der Waals surface area contributed by atoms with Crippen molar-refractivity contribution < 1.29 is 63.0 Å². The van der Waals surface area contributed by atoms with Gasteiger partial charge in [0.1, 0.15) is 0 Å². The van der Waals surface area contributed by atoms with E-state index in [2.05, 4.69) is 12.6 Å². The first-order valence-corrected chi connectivity index (χ1v) is 3.43. The first-order chi connectivity index (χ1) is 4.79. The third kappa shape index (κ3) is 5.20. The molecular weight excluding hydrogens is 230 g/mol. The van der Waals surface area contributed by atoms with Crippen molar-refractivity contribution in [2.75, 3.05) is 0 Å². The zero-order valence-corrected chi connectivity index (χ0v) is 12.1. The van der Waals surface area contributed by atoms with E-state index in [-0.39, 0.29) is 63.3 Å². The van der Waals surface area contributed by atoms with Crippen molar-refractivity contribution in [1.29, 1.82) is 0 Å². The molecule has 0 unspecified atom stereocenters. The van der Waals surface area contributed by atoms with Crippen LogP contribution in [-0.2, 0) is 23.8 Å². The van der Waals surface area contributed by atoms with Gasteiger partial charge in [-0.15, -0.1) is 0 Å². The molecule has 0 aromatic heterocycles. The minimum absolute atomic E-state index is 0. The van der Waals surface area contributed by atoms with Crippen molar-refractivity contribution in [1.82, 2.24) is 0 Å². The third-order valence-corrected chi connectivity index (χ3v) is 1.34. The standard InChI is InChI=1S/C8H8OS.Rb/c9-8(10)6-7-4-2-1-3-5-7;/h1-5H,6H2,(H,9,10);/q;+1/p-1. The summed E-state index contributed by atoms with van der Waals surface area (Å²) in [5, 5.41) is -0.203. The summed E-state index contributed by atoms with van der Waals surface area (Å²) in [5.41, 5.74) is 0.988. The Morgan fingerprint density at radius 1 is 1.27 bits per heavy atom. The summed E-state index contributed by atoms with van der Waals surface area (Å²) in [4.78, 5) is 10.4. The molecule has 11 heavy (non-hydrogen) atoms. The van der Waals surface area contributed by atoms with Gasteiger partial charge in [-0.25, -0.2) is 0 Å². The molecule has 3 heteroatoms. The van der Waals surface area contributed by atoms with Gasteiger partial charge in [-0.1, -0.05) is 30.3 Å². The maximum atomic E-state index is 10.4. The van der Waals surface area contributed by atoms with Gasteiger partial charge < -0.3 is 17.4 Å². The van der Waals surface area contributed by atoms with Crippen molar-refractivity contribution in [2.45, 2.75) is 6.42 Å². The molecule has 0 bridgehead atoms. The molecule has 1 nitrogen and oxygen atoms in total. The average Bonchev–Trinajstić information content (AvgIpc) is 1.88. The van der Waals surface area contributed by atoms with Crippen LogP contribution in [0.5, 0.6) is 0 Å². The maximum Gasteiger partial charge on any atom is 1.00 e. The molecule has 0 amide bonds. The Morgan fingerprint density at radius 2 is 1.82 bits per heavy atom. The van der Waals surface area contributed by atoms with Crippen LogP contribution < -0.4 is 58.2 Å². The van der Waals surface area contributed by atoms with Crippen LogP contribution in [0.25, 0.3) is 0 Å². The van der Waals surface area contributed by atoms with E-state index in [1.165, 1.54) is 0 Å². The van der Waals surface area contributed by atoms with Gasteiger partial charge in [0.2, 0.25) is 0 Å². The molecule has 0 saturated heterocycles. The van der Waals surface area contributed by atoms with Crippen LogP contribution >= 0.6 is 0 Å². The molecule has 0 spiro atoms. The summed E-state index contributed by atoms with van der Waals surface area (Å²) in [6, 6.07) is 9.49. The molecule has 1 aromatic rings. The van der Waals surface area contributed by atoms with Crippen LogP contribution in [0.4, 0.5) is 0 Å². The Labute approximate surface area is 121 Å². The summed E-state index contributed by atoms with van der Waals surface area (Å²) in [6.07, 6.45) is 0.371. The van der Waals surface area contributed by atoms with Crippen LogP contribution in [0.3, 0.4) is 0 Å². The molecule has 0 radical (unpaired) electrons. The smallest absolute Gasteiger partial charge is 0.742 e. The molecule has 0 aliphatic carbocycles. The van der Waals surface area contributed by atoms with Gasteiger partial charge in [0.05, 0.1) is 0 Å². The predicted octanol–water partition coefficient (Wildman–Crippen LogP) is -1.69. The second kappa shape index (κ2) is 6.43. The molecule has 0 atom stereocenters. The Balaban J connectivity index is 0.000001000. The predicted molar refractivity (Wildman–Crippen MR) is 42.5 cm³/mol. The van der Waals surface area contributed by atoms with Crippen molar-refractivity contribution in [3.8, 4) is 0 Å². The van der Waals surface area contributed by atoms with E-state index >= 15 is 0 Å². The number of carbonyl (C=O) groups is 1.